The summed E-state index contributed by atoms with van der Waals surface area (Å²) < 4.78 is 0. The van der Waals surface area contributed by atoms with Gasteiger partial charge < -0.3 is 25.1 Å². The minimum absolute atomic E-state index is 0.126. The van der Waals surface area contributed by atoms with Crippen molar-refractivity contribution in [1.29, 1.82) is 0 Å². The van der Waals surface area contributed by atoms with Crippen LogP contribution in [0.5, 0.6) is 0 Å². The van der Waals surface area contributed by atoms with Gasteiger partial charge >= 0.3 is 0 Å². The maximum atomic E-state index is 13.7. The van der Waals surface area contributed by atoms with Crippen molar-refractivity contribution in [2.75, 3.05) is 59.8 Å². The number of fused-ring (bicyclic) bond motifs is 1. The van der Waals surface area contributed by atoms with Crippen LogP contribution in [0.15, 0.2) is 60.6 Å². The van der Waals surface area contributed by atoms with E-state index in [2.05, 4.69) is 61.3 Å². The fourth-order valence-electron chi connectivity index (χ4n) is 5.98. The molecule has 39 heavy (non-hydrogen) atoms. The third-order valence-corrected chi connectivity index (χ3v) is 8.13. The molecule has 1 amide bonds. The van der Waals surface area contributed by atoms with Crippen molar-refractivity contribution in [3.05, 3.63) is 66.1 Å². The highest BCUT2D eigenvalue weighted by Gasteiger charge is 2.26. The van der Waals surface area contributed by atoms with Crippen molar-refractivity contribution in [1.82, 2.24) is 9.97 Å². The maximum absolute atomic E-state index is 13.7. The van der Waals surface area contributed by atoms with E-state index >= 15 is 0 Å². The molecule has 3 aliphatic heterocycles. The summed E-state index contributed by atoms with van der Waals surface area (Å²) >= 11 is 0. The van der Waals surface area contributed by atoms with Gasteiger partial charge in [0.1, 0.15) is 5.82 Å². The van der Waals surface area contributed by atoms with Gasteiger partial charge in [0.05, 0.1) is 29.9 Å². The molecule has 2 N–H and O–H groups in total. The molecule has 5 heterocycles. The highest BCUT2D eigenvalue weighted by atomic mass is 16.3. The summed E-state index contributed by atoms with van der Waals surface area (Å²) in [5, 5.41) is 12.9. The number of pyridine rings is 2. The van der Waals surface area contributed by atoms with Crippen LogP contribution in [-0.2, 0) is 4.79 Å². The number of aliphatic hydroxyl groups excluding tert-OH is 1. The molecule has 8 nitrogen and oxygen atoms in total. The number of benzene rings is 1. The molecule has 3 aromatic rings. The van der Waals surface area contributed by atoms with E-state index in [9.17, 15) is 9.90 Å². The standard InChI is InChI=1S/C31H36N6O2/c1-21-20-35(2)28-7-5-22(23-15-25(19-32-17-23)36-11-3-4-12-36)16-27(28)30(21)31(39)34-24-6-8-29(33-18-24)37-13-9-26(38)10-14-37/h5-8,15-19,26,38H,3-4,9-14,20H2,1-2H3,(H,34,39). The molecule has 2 aromatic heterocycles. The van der Waals surface area contributed by atoms with E-state index in [1.54, 1.807) is 6.20 Å². The van der Waals surface area contributed by atoms with Gasteiger partial charge in [0.15, 0.2) is 0 Å². The number of aliphatic hydroxyl groups is 1. The lowest BCUT2D eigenvalue weighted by Gasteiger charge is -2.31. The van der Waals surface area contributed by atoms with Gasteiger partial charge in [-0.2, -0.15) is 0 Å². The Labute approximate surface area is 230 Å². The summed E-state index contributed by atoms with van der Waals surface area (Å²) in [7, 11) is 2.06. The first kappa shape index (κ1) is 25.4. The van der Waals surface area contributed by atoms with Crippen LogP contribution < -0.4 is 20.0 Å². The number of hydrogen-bond donors (Lipinski definition) is 2. The molecule has 0 spiro atoms. The molecule has 0 aliphatic carbocycles. The highest BCUT2D eigenvalue weighted by Crippen LogP contribution is 2.38. The minimum Gasteiger partial charge on any atom is -0.393 e. The van der Waals surface area contributed by atoms with E-state index in [4.69, 9.17) is 0 Å². The number of hydrogen-bond acceptors (Lipinski definition) is 7. The second kappa shape index (κ2) is 10.7. The number of rotatable bonds is 5. The van der Waals surface area contributed by atoms with Crippen LogP contribution in [0.1, 0.15) is 38.2 Å². The first-order valence-corrected chi connectivity index (χ1v) is 13.9. The molecule has 0 saturated carbocycles. The van der Waals surface area contributed by atoms with Crippen molar-refractivity contribution in [3.8, 4) is 11.1 Å². The third-order valence-electron chi connectivity index (χ3n) is 8.13. The number of nitrogens with one attached hydrogen (secondary N) is 1. The van der Waals surface area contributed by atoms with Crippen molar-refractivity contribution in [2.45, 2.75) is 38.7 Å². The number of nitrogens with zero attached hydrogens (tertiary/aromatic N) is 5. The number of carbonyl (C=O) groups is 1. The van der Waals surface area contributed by atoms with Crippen molar-refractivity contribution in [2.24, 2.45) is 0 Å². The summed E-state index contributed by atoms with van der Waals surface area (Å²) in [5.41, 5.74) is 7.63. The Morgan fingerprint density at radius 3 is 2.49 bits per heavy atom. The Balaban J connectivity index is 1.25. The van der Waals surface area contributed by atoms with Crippen LogP contribution in [0.2, 0.25) is 0 Å². The van der Waals surface area contributed by atoms with E-state index in [0.717, 1.165) is 78.5 Å². The molecule has 1 aromatic carbocycles. The Morgan fingerprint density at radius 1 is 0.949 bits per heavy atom. The number of anilines is 4. The first-order chi connectivity index (χ1) is 19.0. The van der Waals surface area contributed by atoms with E-state index in [1.165, 1.54) is 12.8 Å². The predicted molar refractivity (Wildman–Crippen MR) is 157 cm³/mol. The molecule has 0 atom stereocenters. The van der Waals surface area contributed by atoms with Gasteiger partial charge in [0.25, 0.3) is 5.91 Å². The van der Waals surface area contributed by atoms with E-state index in [0.29, 0.717) is 17.8 Å². The van der Waals surface area contributed by atoms with E-state index < -0.39 is 0 Å². The Kier molecular flexibility index (Phi) is 6.95. The smallest absolute Gasteiger partial charge is 0.256 e. The molecule has 0 bridgehead atoms. The second-order valence-corrected chi connectivity index (χ2v) is 10.9. The van der Waals surface area contributed by atoms with Gasteiger partial charge in [-0.25, -0.2) is 4.98 Å². The zero-order chi connectivity index (χ0) is 26.9. The summed E-state index contributed by atoms with van der Waals surface area (Å²) in [5.74, 6) is 0.743. The second-order valence-electron chi connectivity index (χ2n) is 10.9. The zero-order valence-corrected chi connectivity index (χ0v) is 22.7. The third kappa shape index (κ3) is 5.21. The maximum Gasteiger partial charge on any atom is 0.256 e. The van der Waals surface area contributed by atoms with Crippen LogP contribution in [0.4, 0.5) is 22.9 Å². The Hall–Kier alpha value is -3.91. The van der Waals surface area contributed by atoms with Crippen LogP contribution in [0, 0.1) is 0 Å². The summed E-state index contributed by atoms with van der Waals surface area (Å²) in [6, 6.07) is 12.4. The molecule has 3 aliphatic rings. The molecule has 6 rings (SSSR count). The fraction of sp³-hybridized carbons (Fsp3) is 0.387. The van der Waals surface area contributed by atoms with Gasteiger partial charge in [-0.3, -0.25) is 9.78 Å². The normalized spacial score (nSPS) is 18.0. The minimum atomic E-state index is -0.223. The van der Waals surface area contributed by atoms with Gasteiger partial charge in [-0.1, -0.05) is 6.07 Å². The number of aromatic nitrogens is 2. The predicted octanol–water partition coefficient (Wildman–Crippen LogP) is 4.57. The lowest BCUT2D eigenvalue weighted by atomic mass is 9.91. The average Bonchev–Trinajstić information content (AvgIpc) is 3.49. The molecule has 2 saturated heterocycles. The summed E-state index contributed by atoms with van der Waals surface area (Å²) in [6.45, 7) is 6.44. The van der Waals surface area contributed by atoms with Gasteiger partial charge in [-0.05, 0) is 74.1 Å². The quantitative estimate of drug-likeness (QED) is 0.506. The lowest BCUT2D eigenvalue weighted by Crippen LogP contribution is -2.36. The summed E-state index contributed by atoms with van der Waals surface area (Å²) in [6.07, 6.45) is 9.29. The topological polar surface area (TPSA) is 84.8 Å². The largest absolute Gasteiger partial charge is 0.393 e. The molecule has 8 heteroatoms. The SMILES string of the molecule is CC1=C(C(=O)Nc2ccc(N3CCC(O)CC3)nc2)c2cc(-c3cncc(N4CCCC4)c3)ccc2N(C)C1. The van der Waals surface area contributed by atoms with E-state index in [1.807, 2.05) is 31.5 Å². The van der Waals surface area contributed by atoms with E-state index in [-0.39, 0.29) is 12.0 Å². The average molecular weight is 525 g/mol. The lowest BCUT2D eigenvalue weighted by molar-refractivity contribution is -0.111. The number of likely N-dealkylation sites (N-methyl/N-ethyl adjacent to an activating group) is 1. The van der Waals surface area contributed by atoms with Crippen LogP contribution in [-0.4, -0.2) is 66.9 Å². The molecule has 2 fully saturated rings. The molecule has 202 valence electrons. The van der Waals surface area contributed by atoms with Crippen molar-refractivity contribution in [3.63, 3.8) is 0 Å². The fourth-order valence-corrected chi connectivity index (χ4v) is 5.98. The van der Waals surface area contributed by atoms with Crippen LogP contribution >= 0.6 is 0 Å². The van der Waals surface area contributed by atoms with Crippen LogP contribution in [0.3, 0.4) is 0 Å². The van der Waals surface area contributed by atoms with Crippen molar-refractivity contribution >= 4 is 34.4 Å². The highest BCUT2D eigenvalue weighted by molar-refractivity contribution is 6.28. The van der Waals surface area contributed by atoms with Gasteiger partial charge in [-0.15, -0.1) is 0 Å². The van der Waals surface area contributed by atoms with Crippen LogP contribution in [0.25, 0.3) is 16.7 Å². The number of carbonyl (C=O) groups excluding carboxylic acids is 1. The number of amides is 1. The van der Waals surface area contributed by atoms with Crippen molar-refractivity contribution < 1.29 is 9.90 Å². The molecular weight excluding hydrogens is 488 g/mol. The van der Waals surface area contributed by atoms with Gasteiger partial charge in [0, 0.05) is 68.4 Å². The summed E-state index contributed by atoms with van der Waals surface area (Å²) in [4.78, 5) is 29.6. The molecule has 0 unspecified atom stereocenters. The molecule has 0 radical (unpaired) electrons. The monoisotopic (exact) mass is 524 g/mol. The Morgan fingerprint density at radius 2 is 1.74 bits per heavy atom. The Bertz CT molecular complexity index is 1390. The van der Waals surface area contributed by atoms with Gasteiger partial charge in [0.2, 0.25) is 0 Å². The first-order valence-electron chi connectivity index (χ1n) is 13.9. The number of piperidine rings is 1. The zero-order valence-electron chi connectivity index (χ0n) is 22.7. The molecular formula is C31H36N6O2.